The van der Waals surface area contributed by atoms with Crippen molar-refractivity contribution in [2.45, 2.75) is 26.3 Å². The van der Waals surface area contributed by atoms with Crippen LogP contribution in [0, 0.1) is 23.0 Å². The predicted molar refractivity (Wildman–Crippen MR) is 82.7 cm³/mol. The van der Waals surface area contributed by atoms with Gasteiger partial charge < -0.3 is 10.6 Å². The summed E-state index contributed by atoms with van der Waals surface area (Å²) in [6.45, 7) is 4.87. The lowest BCUT2D eigenvalue weighted by atomic mass is 10.1. The third-order valence-electron chi connectivity index (χ3n) is 3.83. The highest BCUT2D eigenvalue weighted by Gasteiger charge is 2.34. The number of nitro benzene ring substituents is 1. The van der Waals surface area contributed by atoms with Gasteiger partial charge in [-0.05, 0) is 44.4 Å². The van der Waals surface area contributed by atoms with Crippen molar-refractivity contribution in [3.63, 3.8) is 0 Å². The second kappa shape index (κ2) is 6.87. The topological polar surface area (TPSA) is 89.5 Å². The summed E-state index contributed by atoms with van der Waals surface area (Å²) in [5, 5.41) is 11.1. The average molecular weight is 314 g/mol. The number of amides is 1. The Kier molecular flexibility index (Phi) is 5.69. The first kappa shape index (κ1) is 17.4. The van der Waals surface area contributed by atoms with E-state index in [4.69, 9.17) is 5.73 Å². The van der Waals surface area contributed by atoms with Crippen LogP contribution in [-0.4, -0.2) is 34.9 Å². The molecular formula is C14H20ClN3O3. The third kappa shape index (κ3) is 3.51. The van der Waals surface area contributed by atoms with E-state index in [1.165, 1.54) is 6.07 Å². The van der Waals surface area contributed by atoms with Crippen LogP contribution < -0.4 is 5.73 Å². The van der Waals surface area contributed by atoms with Gasteiger partial charge in [-0.1, -0.05) is 6.07 Å². The van der Waals surface area contributed by atoms with Gasteiger partial charge in [-0.25, -0.2) is 0 Å². The van der Waals surface area contributed by atoms with Crippen LogP contribution in [0.15, 0.2) is 18.2 Å². The minimum Gasteiger partial charge on any atom is -0.335 e. The Hall–Kier alpha value is -1.66. The van der Waals surface area contributed by atoms with Crippen LogP contribution in [0.2, 0.25) is 0 Å². The second-order valence-corrected chi connectivity index (χ2v) is 5.42. The van der Waals surface area contributed by atoms with Crippen LogP contribution in [0.25, 0.3) is 0 Å². The summed E-state index contributed by atoms with van der Waals surface area (Å²) < 4.78 is 0. The number of halogens is 1. The summed E-state index contributed by atoms with van der Waals surface area (Å²) in [6.07, 6.45) is 0.849. The molecule has 1 aliphatic rings. The maximum atomic E-state index is 12.6. The molecule has 116 valence electrons. The van der Waals surface area contributed by atoms with Crippen molar-refractivity contribution in [1.82, 2.24) is 4.90 Å². The van der Waals surface area contributed by atoms with Crippen LogP contribution in [-0.2, 0) is 0 Å². The lowest BCUT2D eigenvalue weighted by Crippen LogP contribution is -2.34. The molecule has 1 heterocycles. The number of hydrogen-bond donors (Lipinski definition) is 1. The Bertz CT molecular complexity index is 550. The Morgan fingerprint density at radius 2 is 2.19 bits per heavy atom. The van der Waals surface area contributed by atoms with E-state index < -0.39 is 4.92 Å². The molecule has 2 unspecified atom stereocenters. The van der Waals surface area contributed by atoms with Crippen molar-refractivity contribution in [3.8, 4) is 0 Å². The van der Waals surface area contributed by atoms with Gasteiger partial charge in [0.25, 0.3) is 11.6 Å². The van der Waals surface area contributed by atoms with Gasteiger partial charge >= 0.3 is 0 Å². The van der Waals surface area contributed by atoms with E-state index in [0.29, 0.717) is 13.1 Å². The van der Waals surface area contributed by atoms with E-state index in [1.54, 1.807) is 17.0 Å². The minimum atomic E-state index is -0.506. The van der Waals surface area contributed by atoms with Gasteiger partial charge in [0.2, 0.25) is 0 Å². The smallest absolute Gasteiger partial charge is 0.282 e. The number of rotatable bonds is 3. The van der Waals surface area contributed by atoms with Crippen LogP contribution in [0.5, 0.6) is 0 Å². The largest absolute Gasteiger partial charge is 0.335 e. The van der Waals surface area contributed by atoms with Gasteiger partial charge in [0.15, 0.2) is 0 Å². The van der Waals surface area contributed by atoms with Crippen molar-refractivity contribution in [1.29, 1.82) is 0 Å². The highest BCUT2D eigenvalue weighted by Crippen LogP contribution is 2.28. The van der Waals surface area contributed by atoms with Crippen LogP contribution in [0.4, 0.5) is 5.69 Å². The standard InChI is InChI=1S/C14H19N3O3.ClH/c1-9-3-4-13(17(19)20)12(5-9)14(18)16-8-11(7-15)6-10(16)2;/h3-5,10-11H,6-8,15H2,1-2H3;1H. The molecule has 0 bridgehead atoms. The third-order valence-corrected chi connectivity index (χ3v) is 3.83. The molecule has 0 aromatic heterocycles. The highest BCUT2D eigenvalue weighted by molar-refractivity contribution is 5.98. The van der Waals surface area contributed by atoms with Gasteiger partial charge in [-0.15, -0.1) is 12.4 Å². The van der Waals surface area contributed by atoms with Gasteiger partial charge in [0.1, 0.15) is 5.56 Å². The summed E-state index contributed by atoms with van der Waals surface area (Å²) in [4.78, 5) is 24.8. The highest BCUT2D eigenvalue weighted by atomic mass is 35.5. The van der Waals surface area contributed by atoms with Crippen LogP contribution in [0.1, 0.15) is 29.3 Å². The minimum absolute atomic E-state index is 0. The Morgan fingerprint density at radius 1 is 1.52 bits per heavy atom. The van der Waals surface area contributed by atoms with Crippen molar-refractivity contribution in [2.24, 2.45) is 11.7 Å². The van der Waals surface area contributed by atoms with E-state index in [2.05, 4.69) is 0 Å². The molecule has 1 saturated heterocycles. The van der Waals surface area contributed by atoms with Crippen molar-refractivity contribution in [2.75, 3.05) is 13.1 Å². The fourth-order valence-electron chi connectivity index (χ4n) is 2.73. The number of nitrogens with zero attached hydrogens (tertiary/aromatic N) is 2. The van der Waals surface area contributed by atoms with Gasteiger partial charge in [0, 0.05) is 18.7 Å². The molecule has 0 radical (unpaired) electrons. The molecule has 1 aromatic carbocycles. The molecule has 2 rings (SSSR count). The van der Waals surface area contributed by atoms with E-state index >= 15 is 0 Å². The second-order valence-electron chi connectivity index (χ2n) is 5.42. The number of benzene rings is 1. The summed E-state index contributed by atoms with van der Waals surface area (Å²) in [5.74, 6) is 0.00154. The average Bonchev–Trinajstić information content (AvgIpc) is 2.78. The first-order valence-electron chi connectivity index (χ1n) is 6.70. The Labute approximate surface area is 129 Å². The SMILES string of the molecule is Cc1ccc([N+](=O)[O-])c(C(=O)N2CC(CN)CC2C)c1.Cl. The van der Waals surface area contributed by atoms with Crippen LogP contribution in [0.3, 0.4) is 0 Å². The first-order valence-corrected chi connectivity index (χ1v) is 6.70. The molecule has 2 N–H and O–H groups in total. The zero-order valence-electron chi connectivity index (χ0n) is 12.1. The quantitative estimate of drug-likeness (QED) is 0.683. The fraction of sp³-hybridized carbons (Fsp3) is 0.500. The normalized spacial score (nSPS) is 21.0. The summed E-state index contributed by atoms with van der Waals surface area (Å²) >= 11 is 0. The number of carbonyl (C=O) groups excluding carboxylic acids is 1. The number of nitrogens with two attached hydrogens (primary N) is 1. The molecule has 1 fully saturated rings. The molecule has 7 heteroatoms. The molecule has 1 aromatic rings. The summed E-state index contributed by atoms with van der Waals surface area (Å²) in [5.41, 5.74) is 6.52. The Morgan fingerprint density at radius 3 is 2.71 bits per heavy atom. The van der Waals surface area contributed by atoms with E-state index in [1.807, 2.05) is 13.8 Å². The molecule has 1 amide bonds. The first-order chi connectivity index (χ1) is 9.43. The van der Waals surface area contributed by atoms with Crippen LogP contribution >= 0.6 is 12.4 Å². The maximum Gasteiger partial charge on any atom is 0.282 e. The van der Waals surface area contributed by atoms with Crippen molar-refractivity contribution >= 4 is 24.0 Å². The maximum absolute atomic E-state index is 12.6. The Balaban J connectivity index is 0.00000220. The molecular weight excluding hydrogens is 294 g/mol. The lowest BCUT2D eigenvalue weighted by molar-refractivity contribution is -0.385. The number of carbonyl (C=O) groups is 1. The fourth-order valence-corrected chi connectivity index (χ4v) is 2.73. The van der Waals surface area contributed by atoms with Gasteiger partial charge in [0.05, 0.1) is 4.92 Å². The molecule has 0 aliphatic carbocycles. The molecule has 6 nitrogen and oxygen atoms in total. The predicted octanol–water partition coefficient (Wildman–Crippen LogP) is 2.13. The summed E-state index contributed by atoms with van der Waals surface area (Å²) in [7, 11) is 0. The van der Waals surface area contributed by atoms with Gasteiger partial charge in [-0.2, -0.15) is 0 Å². The van der Waals surface area contributed by atoms with E-state index in [9.17, 15) is 14.9 Å². The number of aryl methyl sites for hydroxylation is 1. The number of likely N-dealkylation sites (tertiary alicyclic amines) is 1. The van der Waals surface area contributed by atoms with E-state index in [-0.39, 0.29) is 41.5 Å². The van der Waals surface area contributed by atoms with Crippen molar-refractivity contribution in [3.05, 3.63) is 39.4 Å². The monoisotopic (exact) mass is 313 g/mol. The zero-order valence-corrected chi connectivity index (χ0v) is 12.9. The van der Waals surface area contributed by atoms with Crippen molar-refractivity contribution < 1.29 is 9.72 Å². The zero-order chi connectivity index (χ0) is 14.9. The number of hydrogen-bond acceptors (Lipinski definition) is 4. The number of nitro groups is 1. The molecule has 2 atom stereocenters. The van der Waals surface area contributed by atoms with Gasteiger partial charge in [-0.3, -0.25) is 14.9 Å². The van der Waals surface area contributed by atoms with E-state index in [0.717, 1.165) is 12.0 Å². The molecule has 0 spiro atoms. The molecule has 0 saturated carbocycles. The molecule has 1 aliphatic heterocycles. The molecule has 21 heavy (non-hydrogen) atoms. The summed E-state index contributed by atoms with van der Waals surface area (Å²) in [6, 6.07) is 4.69. The lowest BCUT2D eigenvalue weighted by Gasteiger charge is -2.21.